The van der Waals surface area contributed by atoms with E-state index in [9.17, 15) is 4.79 Å². The van der Waals surface area contributed by atoms with E-state index in [1.54, 1.807) is 18.6 Å². The molecule has 0 bridgehead atoms. The molecule has 1 fully saturated rings. The Bertz CT molecular complexity index is 1190. The highest BCUT2D eigenvalue weighted by atomic mass is 16.6. The van der Waals surface area contributed by atoms with Crippen LogP contribution in [-0.2, 0) is 9.47 Å². The topological polar surface area (TPSA) is 79.9 Å². The van der Waals surface area contributed by atoms with Gasteiger partial charge in [-0.25, -0.2) is 0 Å². The Morgan fingerprint density at radius 2 is 1.91 bits per heavy atom. The molecule has 8 heteroatoms. The van der Waals surface area contributed by atoms with Crippen molar-refractivity contribution in [1.82, 2.24) is 19.8 Å². The Balaban J connectivity index is 0.993. The quantitative estimate of drug-likeness (QED) is 0.600. The van der Waals surface area contributed by atoms with Crippen LogP contribution in [0.4, 0.5) is 0 Å². The first kappa shape index (κ1) is 22.3. The third-order valence-corrected chi connectivity index (χ3v) is 6.26. The van der Waals surface area contributed by atoms with Crippen LogP contribution in [0, 0.1) is 0 Å². The second-order valence-corrected chi connectivity index (χ2v) is 8.63. The van der Waals surface area contributed by atoms with Gasteiger partial charge in [0.2, 0.25) is 17.3 Å². The number of ether oxygens (including phenoxy) is 3. The lowest BCUT2D eigenvalue weighted by Gasteiger charge is -2.36. The molecule has 1 saturated heterocycles. The van der Waals surface area contributed by atoms with Gasteiger partial charge in [-0.15, -0.1) is 0 Å². The molecular weight excluding hydrogens is 432 g/mol. The van der Waals surface area contributed by atoms with Gasteiger partial charge in [0, 0.05) is 43.7 Å². The zero-order chi connectivity index (χ0) is 23.2. The van der Waals surface area contributed by atoms with Crippen molar-refractivity contribution in [3.8, 4) is 5.88 Å². The first-order valence-corrected chi connectivity index (χ1v) is 11.9. The molecule has 0 spiro atoms. The van der Waals surface area contributed by atoms with E-state index in [0.29, 0.717) is 18.1 Å². The Labute approximate surface area is 198 Å². The number of aromatic nitrogens is 2. The molecule has 34 heavy (non-hydrogen) atoms. The van der Waals surface area contributed by atoms with Crippen LogP contribution in [0.2, 0.25) is 0 Å². The summed E-state index contributed by atoms with van der Waals surface area (Å²) >= 11 is 0. The molecule has 4 heterocycles. The molecule has 1 aliphatic carbocycles. The van der Waals surface area contributed by atoms with Gasteiger partial charge in [0.1, 0.15) is 11.9 Å². The number of fused-ring (bicyclic) bond motifs is 1. The number of pyridine rings is 2. The zero-order valence-electron chi connectivity index (χ0n) is 19.2. The number of nitrogens with one attached hydrogen (secondary N) is 1. The minimum absolute atomic E-state index is 0.160. The highest BCUT2D eigenvalue weighted by molar-refractivity contribution is 5.74. The fraction of sp³-hybridized carbons (Fsp3) is 0.385. The molecule has 2 aromatic heterocycles. The molecule has 2 aliphatic heterocycles. The largest absolute Gasteiger partial charge is 0.478 e. The number of aromatic amines is 1. The summed E-state index contributed by atoms with van der Waals surface area (Å²) in [5.41, 5.74) is 1.57. The number of H-pyrrole nitrogens is 1. The van der Waals surface area contributed by atoms with Crippen molar-refractivity contribution < 1.29 is 14.2 Å². The maximum Gasteiger partial charge on any atom is 0.249 e. The highest BCUT2D eigenvalue weighted by Gasteiger charge is 2.22. The first-order chi connectivity index (χ1) is 16.7. The summed E-state index contributed by atoms with van der Waals surface area (Å²) in [6.45, 7) is 5.46. The van der Waals surface area contributed by atoms with E-state index in [1.807, 2.05) is 12.1 Å². The van der Waals surface area contributed by atoms with Crippen molar-refractivity contribution in [2.45, 2.75) is 25.7 Å². The van der Waals surface area contributed by atoms with Crippen molar-refractivity contribution in [2.24, 2.45) is 0 Å². The fourth-order valence-electron chi connectivity index (χ4n) is 4.29. The number of nitrogens with zero attached hydrogens (tertiary/aromatic N) is 3. The van der Waals surface area contributed by atoms with E-state index < -0.39 is 0 Å². The normalized spacial score (nSPS) is 18.6. The SMILES string of the molecule is O=c1ccc2ccc(OCCCCN3CCN(C4=COC(C5=CC=CCC5)=CO4)CC3)nc2[nH]1. The lowest BCUT2D eigenvalue weighted by molar-refractivity contribution is 0.0834. The van der Waals surface area contributed by atoms with Gasteiger partial charge in [0.25, 0.3) is 0 Å². The Morgan fingerprint density at radius 1 is 1.03 bits per heavy atom. The number of piperazine rings is 1. The molecule has 0 amide bonds. The first-order valence-electron chi connectivity index (χ1n) is 11.9. The van der Waals surface area contributed by atoms with Gasteiger partial charge in [-0.05, 0) is 49.9 Å². The molecule has 8 nitrogen and oxygen atoms in total. The summed E-state index contributed by atoms with van der Waals surface area (Å²) < 4.78 is 17.5. The van der Waals surface area contributed by atoms with Gasteiger partial charge in [0.15, 0.2) is 12.0 Å². The molecule has 0 atom stereocenters. The molecule has 1 N–H and O–H groups in total. The van der Waals surface area contributed by atoms with Crippen molar-refractivity contribution in [3.63, 3.8) is 0 Å². The monoisotopic (exact) mass is 462 g/mol. The molecule has 3 aliphatic rings. The van der Waals surface area contributed by atoms with E-state index in [4.69, 9.17) is 14.2 Å². The number of hydrogen-bond acceptors (Lipinski definition) is 7. The maximum absolute atomic E-state index is 11.5. The molecule has 5 rings (SSSR count). The van der Waals surface area contributed by atoms with Crippen molar-refractivity contribution in [1.29, 1.82) is 0 Å². The minimum atomic E-state index is -0.160. The van der Waals surface area contributed by atoms with Crippen molar-refractivity contribution in [2.75, 3.05) is 39.3 Å². The fourth-order valence-corrected chi connectivity index (χ4v) is 4.29. The van der Waals surface area contributed by atoms with Gasteiger partial charge in [0.05, 0.1) is 6.61 Å². The average Bonchev–Trinajstić information content (AvgIpc) is 2.89. The van der Waals surface area contributed by atoms with E-state index in [0.717, 1.165) is 75.4 Å². The van der Waals surface area contributed by atoms with Gasteiger partial charge in [-0.2, -0.15) is 4.98 Å². The number of allylic oxidation sites excluding steroid dienone is 4. The Hall–Kier alpha value is -3.52. The summed E-state index contributed by atoms with van der Waals surface area (Å²) in [7, 11) is 0. The van der Waals surface area contributed by atoms with Crippen LogP contribution in [0.25, 0.3) is 11.0 Å². The smallest absolute Gasteiger partial charge is 0.249 e. The van der Waals surface area contributed by atoms with Crippen LogP contribution in [0.15, 0.2) is 77.0 Å². The average molecular weight is 463 g/mol. The minimum Gasteiger partial charge on any atom is -0.478 e. The lowest BCUT2D eigenvalue weighted by atomic mass is 10.0. The van der Waals surface area contributed by atoms with Gasteiger partial charge in [-0.3, -0.25) is 9.69 Å². The van der Waals surface area contributed by atoms with E-state index in [1.165, 1.54) is 11.6 Å². The third-order valence-electron chi connectivity index (χ3n) is 6.26. The molecule has 0 radical (unpaired) electrons. The van der Waals surface area contributed by atoms with E-state index in [2.05, 4.69) is 38.0 Å². The van der Waals surface area contributed by atoms with Crippen LogP contribution >= 0.6 is 0 Å². The third kappa shape index (κ3) is 5.51. The van der Waals surface area contributed by atoms with E-state index in [-0.39, 0.29) is 5.56 Å². The van der Waals surface area contributed by atoms with Gasteiger partial charge in [-0.1, -0.05) is 18.2 Å². The molecular formula is C26H30N4O4. The van der Waals surface area contributed by atoms with Crippen molar-refractivity contribution in [3.05, 3.63) is 82.6 Å². The predicted octanol–water partition coefficient (Wildman–Crippen LogP) is 3.66. The number of hydrogen-bond donors (Lipinski definition) is 1. The maximum atomic E-state index is 11.5. The van der Waals surface area contributed by atoms with Crippen LogP contribution in [0.3, 0.4) is 0 Å². The van der Waals surface area contributed by atoms with Crippen LogP contribution < -0.4 is 10.3 Å². The molecule has 0 unspecified atom stereocenters. The second-order valence-electron chi connectivity index (χ2n) is 8.63. The van der Waals surface area contributed by atoms with E-state index >= 15 is 0 Å². The second kappa shape index (κ2) is 10.6. The summed E-state index contributed by atoms with van der Waals surface area (Å²) in [6.07, 6.45) is 13.8. The molecule has 178 valence electrons. The van der Waals surface area contributed by atoms with Crippen LogP contribution in [0.1, 0.15) is 25.7 Å². The summed E-state index contributed by atoms with van der Waals surface area (Å²) in [5.74, 6) is 2.13. The lowest BCUT2D eigenvalue weighted by Crippen LogP contribution is -2.46. The standard InChI is InChI=1S/C26H30N4O4/c31-23-10-8-21-9-11-24(28-26(21)27-23)32-17-5-4-12-29-13-15-30(16-14-29)25-19-33-22(18-34-25)20-6-2-1-3-7-20/h1-2,6,8-11,18-19H,3-5,7,12-17H2,(H,27,28,31). The van der Waals surface area contributed by atoms with Gasteiger partial charge >= 0.3 is 0 Å². The predicted molar refractivity (Wildman–Crippen MR) is 130 cm³/mol. The molecule has 0 saturated carbocycles. The zero-order valence-corrected chi connectivity index (χ0v) is 19.2. The Kier molecular flexibility index (Phi) is 6.95. The van der Waals surface area contributed by atoms with Crippen LogP contribution in [0.5, 0.6) is 5.88 Å². The molecule has 0 aromatic carbocycles. The summed E-state index contributed by atoms with van der Waals surface area (Å²) in [5, 5.41) is 0.891. The highest BCUT2D eigenvalue weighted by Crippen LogP contribution is 2.26. The van der Waals surface area contributed by atoms with Crippen molar-refractivity contribution >= 4 is 11.0 Å². The van der Waals surface area contributed by atoms with Crippen LogP contribution in [-0.4, -0.2) is 59.1 Å². The summed E-state index contributed by atoms with van der Waals surface area (Å²) in [6, 6.07) is 7.01. The molecule has 2 aromatic rings. The summed E-state index contributed by atoms with van der Waals surface area (Å²) in [4.78, 5) is 23.3. The number of unbranched alkanes of at least 4 members (excludes halogenated alkanes) is 1. The van der Waals surface area contributed by atoms with Gasteiger partial charge < -0.3 is 24.1 Å². The number of rotatable bonds is 8. The Morgan fingerprint density at radius 3 is 2.71 bits per heavy atom.